The van der Waals surface area contributed by atoms with Crippen molar-refractivity contribution in [3.63, 3.8) is 0 Å². The van der Waals surface area contributed by atoms with Crippen molar-refractivity contribution in [1.29, 1.82) is 0 Å². The second-order valence-corrected chi connectivity index (χ2v) is 4.83. The molecule has 4 nitrogen and oxygen atoms in total. The van der Waals surface area contributed by atoms with Crippen molar-refractivity contribution >= 4 is 0 Å². The average molecular weight is 250 g/mol. The van der Waals surface area contributed by atoms with Gasteiger partial charge in [0.05, 0.1) is 0 Å². The van der Waals surface area contributed by atoms with Crippen LogP contribution in [0, 0.1) is 6.92 Å². The predicted octanol–water partition coefficient (Wildman–Crippen LogP) is 1.03. The average Bonchev–Trinajstić information content (AvgIpc) is 2.41. The van der Waals surface area contributed by atoms with Crippen molar-refractivity contribution in [3.8, 4) is 5.75 Å². The highest BCUT2D eigenvalue weighted by molar-refractivity contribution is 5.41. The molecular weight excluding hydrogens is 228 g/mol. The molecule has 0 spiro atoms. The van der Waals surface area contributed by atoms with E-state index in [1.54, 1.807) is 0 Å². The van der Waals surface area contributed by atoms with Crippen LogP contribution in [0.25, 0.3) is 0 Å². The molecular formula is C14H22N2O2. The molecule has 1 saturated heterocycles. The molecule has 1 fully saturated rings. The summed E-state index contributed by atoms with van der Waals surface area (Å²) >= 11 is 0. The van der Waals surface area contributed by atoms with Crippen molar-refractivity contribution in [2.24, 2.45) is 0 Å². The summed E-state index contributed by atoms with van der Waals surface area (Å²) in [4.78, 5) is 2.33. The van der Waals surface area contributed by atoms with Crippen LogP contribution in [0.5, 0.6) is 5.75 Å². The SMILES string of the molecule is Cc1cccc([C@H](CCO)N2CCNCC2)c1O. The smallest absolute Gasteiger partial charge is 0.123 e. The minimum Gasteiger partial charge on any atom is -0.507 e. The van der Waals surface area contributed by atoms with Gasteiger partial charge in [-0.2, -0.15) is 0 Å². The molecule has 1 aromatic rings. The molecule has 1 atom stereocenters. The normalized spacial score (nSPS) is 18.8. The van der Waals surface area contributed by atoms with Gasteiger partial charge in [0.1, 0.15) is 5.75 Å². The topological polar surface area (TPSA) is 55.7 Å². The van der Waals surface area contributed by atoms with E-state index in [0.717, 1.165) is 37.3 Å². The molecule has 1 heterocycles. The van der Waals surface area contributed by atoms with Gasteiger partial charge in [0.25, 0.3) is 0 Å². The number of nitrogens with one attached hydrogen (secondary N) is 1. The van der Waals surface area contributed by atoms with Crippen LogP contribution in [0.3, 0.4) is 0 Å². The van der Waals surface area contributed by atoms with Crippen LogP contribution in [0.15, 0.2) is 18.2 Å². The molecule has 4 heteroatoms. The molecule has 0 unspecified atom stereocenters. The van der Waals surface area contributed by atoms with E-state index in [2.05, 4.69) is 10.2 Å². The first-order valence-corrected chi connectivity index (χ1v) is 6.58. The summed E-state index contributed by atoms with van der Waals surface area (Å²) in [6, 6.07) is 5.95. The lowest BCUT2D eigenvalue weighted by atomic mass is 9.98. The van der Waals surface area contributed by atoms with Gasteiger partial charge < -0.3 is 15.5 Å². The van der Waals surface area contributed by atoms with Crippen LogP contribution in [-0.4, -0.2) is 47.9 Å². The van der Waals surface area contributed by atoms with Crippen LogP contribution >= 0.6 is 0 Å². The number of aryl methyl sites for hydroxylation is 1. The Bertz CT molecular complexity index is 389. The standard InChI is InChI=1S/C14H22N2O2/c1-11-3-2-4-12(14(11)18)13(5-10-17)16-8-6-15-7-9-16/h2-4,13,15,17-18H,5-10H2,1H3/t13-/m0/s1. The van der Waals surface area contributed by atoms with Gasteiger partial charge in [0.2, 0.25) is 0 Å². The van der Waals surface area contributed by atoms with Crippen molar-refractivity contribution < 1.29 is 10.2 Å². The number of benzene rings is 1. The number of nitrogens with zero attached hydrogens (tertiary/aromatic N) is 1. The molecule has 100 valence electrons. The number of phenols is 1. The number of hydrogen-bond donors (Lipinski definition) is 3. The number of aliphatic hydroxyl groups excluding tert-OH is 1. The Hall–Kier alpha value is -1.10. The van der Waals surface area contributed by atoms with E-state index in [0.29, 0.717) is 12.2 Å². The number of piperazine rings is 1. The van der Waals surface area contributed by atoms with Crippen molar-refractivity contribution in [2.45, 2.75) is 19.4 Å². The van der Waals surface area contributed by atoms with Crippen LogP contribution in [0.4, 0.5) is 0 Å². The van der Waals surface area contributed by atoms with Gasteiger partial charge in [-0.25, -0.2) is 0 Å². The van der Waals surface area contributed by atoms with Gasteiger partial charge in [0.15, 0.2) is 0 Å². The second-order valence-electron chi connectivity index (χ2n) is 4.83. The Morgan fingerprint density at radius 2 is 2.06 bits per heavy atom. The largest absolute Gasteiger partial charge is 0.507 e. The summed E-state index contributed by atoms with van der Waals surface area (Å²) in [7, 11) is 0. The molecule has 1 aliphatic rings. The van der Waals surface area contributed by atoms with Crippen LogP contribution < -0.4 is 5.32 Å². The maximum absolute atomic E-state index is 10.2. The summed E-state index contributed by atoms with van der Waals surface area (Å²) in [5.41, 5.74) is 1.83. The number of aliphatic hydroxyl groups is 1. The van der Waals surface area contributed by atoms with E-state index in [9.17, 15) is 10.2 Å². The minimum atomic E-state index is 0.108. The van der Waals surface area contributed by atoms with Crippen LogP contribution in [-0.2, 0) is 0 Å². The predicted molar refractivity (Wildman–Crippen MR) is 71.7 cm³/mol. The summed E-state index contributed by atoms with van der Waals surface area (Å²) in [6.07, 6.45) is 0.664. The van der Waals surface area contributed by atoms with Crippen LogP contribution in [0.1, 0.15) is 23.6 Å². The molecule has 0 bridgehead atoms. The molecule has 0 saturated carbocycles. The fourth-order valence-electron chi connectivity index (χ4n) is 2.60. The fraction of sp³-hybridized carbons (Fsp3) is 0.571. The van der Waals surface area contributed by atoms with Crippen LogP contribution in [0.2, 0.25) is 0 Å². The highest BCUT2D eigenvalue weighted by atomic mass is 16.3. The zero-order valence-electron chi connectivity index (χ0n) is 10.9. The lowest BCUT2D eigenvalue weighted by Crippen LogP contribution is -2.45. The highest BCUT2D eigenvalue weighted by Gasteiger charge is 2.24. The second kappa shape index (κ2) is 6.18. The van der Waals surface area contributed by atoms with E-state index in [1.165, 1.54) is 0 Å². The zero-order chi connectivity index (χ0) is 13.0. The summed E-state index contributed by atoms with van der Waals surface area (Å²) in [5, 5.41) is 22.8. The molecule has 0 amide bonds. The molecule has 2 rings (SSSR count). The maximum Gasteiger partial charge on any atom is 0.123 e. The first-order valence-electron chi connectivity index (χ1n) is 6.58. The molecule has 0 radical (unpaired) electrons. The molecule has 1 aromatic carbocycles. The number of para-hydroxylation sites is 1. The number of rotatable bonds is 4. The third-order valence-corrected chi connectivity index (χ3v) is 3.62. The summed E-state index contributed by atoms with van der Waals surface area (Å²) in [6.45, 7) is 5.90. The highest BCUT2D eigenvalue weighted by Crippen LogP contribution is 2.33. The molecule has 18 heavy (non-hydrogen) atoms. The number of phenolic OH excluding ortho intramolecular Hbond substituents is 1. The van der Waals surface area contributed by atoms with E-state index >= 15 is 0 Å². The first-order chi connectivity index (χ1) is 8.74. The Kier molecular flexibility index (Phi) is 4.58. The van der Waals surface area contributed by atoms with Gasteiger partial charge in [0, 0.05) is 44.4 Å². The maximum atomic E-state index is 10.2. The van der Waals surface area contributed by atoms with Gasteiger partial charge in [-0.05, 0) is 18.9 Å². The third-order valence-electron chi connectivity index (χ3n) is 3.62. The molecule has 0 aromatic heterocycles. The Morgan fingerprint density at radius 3 is 2.72 bits per heavy atom. The van der Waals surface area contributed by atoms with E-state index in [-0.39, 0.29) is 12.6 Å². The molecule has 3 N–H and O–H groups in total. The van der Waals surface area contributed by atoms with Crippen molar-refractivity contribution in [2.75, 3.05) is 32.8 Å². The quantitative estimate of drug-likeness (QED) is 0.747. The lowest BCUT2D eigenvalue weighted by molar-refractivity contribution is 0.139. The monoisotopic (exact) mass is 250 g/mol. The number of hydrogen-bond acceptors (Lipinski definition) is 4. The molecule has 1 aliphatic heterocycles. The van der Waals surface area contributed by atoms with Gasteiger partial charge in [-0.1, -0.05) is 18.2 Å². The minimum absolute atomic E-state index is 0.108. The van der Waals surface area contributed by atoms with E-state index in [1.807, 2.05) is 25.1 Å². The first kappa shape index (κ1) is 13.3. The zero-order valence-corrected chi connectivity index (χ0v) is 10.9. The number of aromatic hydroxyl groups is 1. The Balaban J connectivity index is 2.25. The lowest BCUT2D eigenvalue weighted by Gasteiger charge is -2.35. The van der Waals surface area contributed by atoms with Crippen molar-refractivity contribution in [3.05, 3.63) is 29.3 Å². The van der Waals surface area contributed by atoms with E-state index in [4.69, 9.17) is 0 Å². The van der Waals surface area contributed by atoms with Crippen molar-refractivity contribution in [1.82, 2.24) is 10.2 Å². The molecule has 0 aliphatic carbocycles. The Labute approximate surface area is 108 Å². The van der Waals surface area contributed by atoms with Gasteiger partial charge in [-0.15, -0.1) is 0 Å². The fourth-order valence-corrected chi connectivity index (χ4v) is 2.60. The third kappa shape index (κ3) is 2.83. The van der Waals surface area contributed by atoms with Gasteiger partial charge >= 0.3 is 0 Å². The Morgan fingerprint density at radius 1 is 1.33 bits per heavy atom. The summed E-state index contributed by atoms with van der Waals surface area (Å²) < 4.78 is 0. The van der Waals surface area contributed by atoms with E-state index < -0.39 is 0 Å². The van der Waals surface area contributed by atoms with Gasteiger partial charge in [-0.3, -0.25) is 4.90 Å². The summed E-state index contributed by atoms with van der Waals surface area (Å²) in [5.74, 6) is 0.370.